The Bertz CT molecular complexity index is 688. The molecule has 0 unspecified atom stereocenters. The van der Waals surface area contributed by atoms with Gasteiger partial charge in [-0.3, -0.25) is 4.99 Å². The van der Waals surface area contributed by atoms with Crippen molar-refractivity contribution in [1.82, 2.24) is 20.8 Å². The van der Waals surface area contributed by atoms with Crippen LogP contribution in [0.3, 0.4) is 0 Å². The summed E-state index contributed by atoms with van der Waals surface area (Å²) in [7, 11) is 1.75. The highest BCUT2D eigenvalue weighted by Gasteiger charge is 2.08. The average Bonchev–Trinajstić information content (AvgIpc) is 3.13. The van der Waals surface area contributed by atoms with Gasteiger partial charge in [-0.2, -0.15) is 0 Å². The molecule has 0 aromatic carbocycles. The highest BCUT2D eigenvalue weighted by Crippen LogP contribution is 2.14. The molecule has 2 rings (SSSR count). The van der Waals surface area contributed by atoms with Crippen molar-refractivity contribution >= 4 is 11.8 Å². The van der Waals surface area contributed by atoms with Gasteiger partial charge in [0.15, 0.2) is 11.7 Å². The molecule has 0 aliphatic rings. The van der Waals surface area contributed by atoms with Gasteiger partial charge in [0.1, 0.15) is 5.82 Å². The lowest BCUT2D eigenvalue weighted by atomic mass is 10.1. The van der Waals surface area contributed by atoms with Crippen molar-refractivity contribution < 1.29 is 4.52 Å². The van der Waals surface area contributed by atoms with Crippen LogP contribution in [0.4, 0.5) is 5.82 Å². The second-order valence-electron chi connectivity index (χ2n) is 6.35. The fourth-order valence-electron chi connectivity index (χ4n) is 2.52. The van der Waals surface area contributed by atoms with Gasteiger partial charge >= 0.3 is 0 Å². The summed E-state index contributed by atoms with van der Waals surface area (Å²) < 4.78 is 5.33. The van der Waals surface area contributed by atoms with Crippen LogP contribution in [-0.2, 0) is 13.1 Å². The molecule has 2 N–H and O–H groups in total. The van der Waals surface area contributed by atoms with E-state index < -0.39 is 0 Å². The molecule has 7 heteroatoms. The van der Waals surface area contributed by atoms with Gasteiger partial charge in [-0.15, -0.1) is 0 Å². The molecule has 0 saturated carbocycles. The fraction of sp³-hybridized carbons (Fsp3) is 0.526. The topological polar surface area (TPSA) is 78.6 Å². The van der Waals surface area contributed by atoms with Crippen LogP contribution in [0.5, 0.6) is 0 Å². The van der Waals surface area contributed by atoms with Crippen molar-refractivity contribution in [3.63, 3.8) is 0 Å². The summed E-state index contributed by atoms with van der Waals surface area (Å²) in [6.07, 6.45) is 1.90. The smallest absolute Gasteiger partial charge is 0.191 e. The van der Waals surface area contributed by atoms with Crippen LogP contribution in [0.15, 0.2) is 33.9 Å². The Morgan fingerprint density at radius 3 is 2.46 bits per heavy atom. The second-order valence-corrected chi connectivity index (χ2v) is 6.35. The summed E-state index contributed by atoms with van der Waals surface area (Å²) in [5.74, 6) is 2.87. The minimum atomic E-state index is 0.358. The number of aliphatic imine (C=N–C) groups is 1. The molecule has 142 valence electrons. The number of anilines is 1. The summed E-state index contributed by atoms with van der Waals surface area (Å²) in [6, 6.07) is 6.12. The van der Waals surface area contributed by atoms with Crippen LogP contribution in [0.2, 0.25) is 0 Å². The molecule has 0 saturated heterocycles. The minimum Gasteiger partial charge on any atom is -0.359 e. The summed E-state index contributed by atoms with van der Waals surface area (Å²) >= 11 is 0. The molecule has 0 aliphatic carbocycles. The number of aromatic nitrogens is 2. The van der Waals surface area contributed by atoms with E-state index in [1.165, 1.54) is 0 Å². The second kappa shape index (κ2) is 9.79. The number of nitrogens with zero attached hydrogens (tertiary/aromatic N) is 4. The third-order valence-corrected chi connectivity index (χ3v) is 4.18. The molecule has 26 heavy (non-hydrogen) atoms. The van der Waals surface area contributed by atoms with Gasteiger partial charge in [0.25, 0.3) is 0 Å². The summed E-state index contributed by atoms with van der Waals surface area (Å²) in [4.78, 5) is 11.0. The normalized spacial score (nSPS) is 11.7. The molecule has 7 nitrogen and oxygen atoms in total. The van der Waals surface area contributed by atoms with E-state index in [1.54, 1.807) is 7.05 Å². The first-order chi connectivity index (χ1) is 12.6. The zero-order valence-corrected chi connectivity index (χ0v) is 16.4. The number of nitrogens with one attached hydrogen (secondary N) is 2. The Morgan fingerprint density at radius 2 is 1.92 bits per heavy atom. The lowest BCUT2D eigenvalue weighted by Crippen LogP contribution is -2.36. The molecule has 0 fully saturated rings. The fourth-order valence-corrected chi connectivity index (χ4v) is 2.52. The van der Waals surface area contributed by atoms with Crippen molar-refractivity contribution in [2.24, 2.45) is 4.99 Å². The number of hydrogen-bond acceptors (Lipinski definition) is 5. The molecule has 2 aromatic heterocycles. The quantitative estimate of drug-likeness (QED) is 0.558. The summed E-state index contributed by atoms with van der Waals surface area (Å²) in [5.41, 5.74) is 2.06. The Morgan fingerprint density at radius 1 is 1.19 bits per heavy atom. The van der Waals surface area contributed by atoms with E-state index in [4.69, 9.17) is 4.52 Å². The van der Waals surface area contributed by atoms with Crippen LogP contribution in [-0.4, -0.2) is 36.2 Å². The predicted octanol–water partition coefficient (Wildman–Crippen LogP) is 2.90. The van der Waals surface area contributed by atoms with E-state index in [0.29, 0.717) is 25.0 Å². The monoisotopic (exact) mass is 358 g/mol. The summed E-state index contributed by atoms with van der Waals surface area (Å²) in [5, 5.41) is 10.6. The zero-order chi connectivity index (χ0) is 18.9. The molecular weight excluding hydrogens is 328 g/mol. The van der Waals surface area contributed by atoms with Crippen LogP contribution in [0.1, 0.15) is 50.6 Å². The van der Waals surface area contributed by atoms with Gasteiger partial charge in [0, 0.05) is 38.9 Å². The minimum absolute atomic E-state index is 0.358. The molecule has 0 aliphatic heterocycles. The van der Waals surface area contributed by atoms with Gasteiger partial charge in [-0.05, 0) is 31.4 Å². The van der Waals surface area contributed by atoms with Crippen LogP contribution in [0.25, 0.3) is 0 Å². The first-order valence-corrected chi connectivity index (χ1v) is 9.17. The molecule has 0 atom stereocenters. The van der Waals surface area contributed by atoms with Crippen molar-refractivity contribution in [2.45, 2.75) is 46.7 Å². The number of pyridine rings is 1. The Kier molecular flexibility index (Phi) is 7.44. The summed E-state index contributed by atoms with van der Waals surface area (Å²) in [6.45, 7) is 11.6. The highest BCUT2D eigenvalue weighted by molar-refractivity contribution is 5.79. The van der Waals surface area contributed by atoms with Gasteiger partial charge in [0.05, 0.1) is 12.2 Å². The zero-order valence-electron chi connectivity index (χ0n) is 16.4. The maximum atomic E-state index is 5.33. The maximum absolute atomic E-state index is 5.33. The van der Waals surface area contributed by atoms with Gasteiger partial charge < -0.3 is 20.1 Å². The lowest BCUT2D eigenvalue weighted by Gasteiger charge is -2.19. The maximum Gasteiger partial charge on any atom is 0.191 e. The van der Waals surface area contributed by atoms with Crippen molar-refractivity contribution in [1.29, 1.82) is 0 Å². The van der Waals surface area contributed by atoms with Gasteiger partial charge in [-0.25, -0.2) is 4.98 Å². The van der Waals surface area contributed by atoms with Crippen LogP contribution in [0, 0.1) is 0 Å². The Balaban J connectivity index is 1.84. The Hall–Kier alpha value is -2.57. The average molecular weight is 358 g/mol. The molecule has 0 amide bonds. The van der Waals surface area contributed by atoms with E-state index in [1.807, 2.05) is 12.3 Å². The standard InChI is InChI=1S/C19H30N6O/c1-6-25(7-2)18-9-8-15(11-21-18)12-22-19(20-5)23-13-16-10-17(14(3)4)24-26-16/h8-11,14H,6-7,12-13H2,1-5H3,(H2,20,22,23). The predicted molar refractivity (Wildman–Crippen MR) is 105 cm³/mol. The van der Waals surface area contributed by atoms with E-state index in [9.17, 15) is 0 Å². The first-order valence-electron chi connectivity index (χ1n) is 9.17. The van der Waals surface area contributed by atoms with E-state index in [-0.39, 0.29) is 0 Å². The first kappa shape index (κ1) is 19.8. The largest absolute Gasteiger partial charge is 0.359 e. The highest BCUT2D eigenvalue weighted by atomic mass is 16.5. The van der Waals surface area contributed by atoms with Gasteiger partial charge in [-0.1, -0.05) is 25.1 Å². The molecule has 2 heterocycles. The van der Waals surface area contributed by atoms with E-state index >= 15 is 0 Å². The third-order valence-electron chi connectivity index (χ3n) is 4.18. The Labute approximate surface area is 155 Å². The van der Waals surface area contributed by atoms with E-state index in [0.717, 1.165) is 35.9 Å². The molecular formula is C19H30N6O. The van der Waals surface area contributed by atoms with Crippen molar-refractivity contribution in [2.75, 3.05) is 25.0 Å². The molecule has 0 spiro atoms. The van der Waals surface area contributed by atoms with E-state index in [2.05, 4.69) is 70.5 Å². The number of guanidine groups is 1. The lowest BCUT2D eigenvalue weighted by molar-refractivity contribution is 0.372. The van der Waals surface area contributed by atoms with Crippen molar-refractivity contribution in [3.05, 3.63) is 41.4 Å². The van der Waals surface area contributed by atoms with Crippen LogP contribution >= 0.6 is 0 Å². The number of rotatable bonds is 8. The van der Waals surface area contributed by atoms with Crippen LogP contribution < -0.4 is 15.5 Å². The molecule has 0 bridgehead atoms. The van der Waals surface area contributed by atoms with Gasteiger partial charge in [0.2, 0.25) is 0 Å². The molecule has 2 aromatic rings. The molecule has 0 radical (unpaired) electrons. The van der Waals surface area contributed by atoms with Crippen molar-refractivity contribution in [3.8, 4) is 0 Å². The number of hydrogen-bond donors (Lipinski definition) is 2. The SMILES string of the molecule is CCN(CC)c1ccc(CNC(=NC)NCc2cc(C(C)C)no2)cn1. The third kappa shape index (κ3) is 5.47.